The van der Waals surface area contributed by atoms with Gasteiger partial charge in [-0.1, -0.05) is 27.7 Å². The molecule has 1 saturated heterocycles. The molecule has 4 atom stereocenters. The Hall–Kier alpha value is -1.79. The van der Waals surface area contributed by atoms with Crippen molar-refractivity contribution in [2.45, 2.75) is 65.1 Å². The van der Waals surface area contributed by atoms with E-state index in [2.05, 4.69) is 30.9 Å². The second-order valence-corrected chi connectivity index (χ2v) is 9.54. The highest BCUT2D eigenvalue weighted by molar-refractivity contribution is 5.76. The number of nitrogens with zero attached hydrogens (tertiary/aromatic N) is 1. The largest absolute Gasteiger partial charge is 0.493 e. The third-order valence-corrected chi connectivity index (χ3v) is 6.60. The molecule has 0 radical (unpaired) electrons. The van der Waals surface area contributed by atoms with Crippen LogP contribution in [0.1, 0.15) is 57.7 Å². The van der Waals surface area contributed by atoms with Crippen molar-refractivity contribution in [3.05, 3.63) is 23.3 Å². The topological polar surface area (TPSA) is 74.0 Å². The first-order chi connectivity index (χ1) is 14.2. The van der Waals surface area contributed by atoms with Crippen molar-refractivity contribution >= 4 is 5.97 Å². The Labute approximate surface area is 181 Å². The van der Waals surface area contributed by atoms with E-state index in [1.807, 2.05) is 13.8 Å². The summed E-state index contributed by atoms with van der Waals surface area (Å²) in [7, 11) is 3.34. The van der Waals surface area contributed by atoms with Crippen molar-refractivity contribution in [1.82, 2.24) is 4.90 Å². The summed E-state index contributed by atoms with van der Waals surface area (Å²) in [5.74, 6) is 2.18. The molecule has 0 aromatic heterocycles. The molecule has 1 aromatic carbocycles. The molecule has 168 valence electrons. The van der Waals surface area contributed by atoms with E-state index in [0.717, 1.165) is 43.9 Å². The highest BCUT2D eigenvalue weighted by Crippen LogP contribution is 2.44. The van der Waals surface area contributed by atoms with Crippen LogP contribution in [0.25, 0.3) is 0 Å². The highest BCUT2D eigenvalue weighted by atomic mass is 16.5. The third-order valence-electron chi connectivity index (χ3n) is 6.60. The molecule has 3 unspecified atom stereocenters. The lowest BCUT2D eigenvalue weighted by atomic mass is 9.79. The number of nitrogens with two attached hydrogens (primary N) is 1. The molecule has 0 spiro atoms. The fourth-order valence-electron chi connectivity index (χ4n) is 4.88. The Morgan fingerprint density at radius 2 is 1.83 bits per heavy atom. The first-order valence-corrected chi connectivity index (χ1v) is 11.2. The van der Waals surface area contributed by atoms with E-state index in [1.165, 1.54) is 11.1 Å². The van der Waals surface area contributed by atoms with Gasteiger partial charge in [0.25, 0.3) is 0 Å². The Balaban J connectivity index is 1.88. The highest BCUT2D eigenvalue weighted by Gasteiger charge is 2.41. The summed E-state index contributed by atoms with van der Waals surface area (Å²) in [5.41, 5.74) is 8.64. The van der Waals surface area contributed by atoms with Gasteiger partial charge in [-0.05, 0) is 47.9 Å². The molecule has 1 aromatic rings. The fraction of sp³-hybridized carbons (Fsp3) is 0.708. The summed E-state index contributed by atoms with van der Waals surface area (Å²) in [5, 5.41) is 0. The first-order valence-electron chi connectivity index (χ1n) is 11.2. The third kappa shape index (κ3) is 4.75. The number of ether oxygens (including phenoxy) is 3. The zero-order valence-corrected chi connectivity index (χ0v) is 19.3. The molecular weight excluding hydrogens is 380 g/mol. The van der Waals surface area contributed by atoms with E-state index in [1.54, 1.807) is 14.2 Å². The Kier molecular flexibility index (Phi) is 7.30. The summed E-state index contributed by atoms with van der Waals surface area (Å²) < 4.78 is 17.1. The Morgan fingerprint density at radius 1 is 1.17 bits per heavy atom. The zero-order valence-electron chi connectivity index (χ0n) is 19.3. The van der Waals surface area contributed by atoms with Crippen molar-refractivity contribution in [2.75, 3.05) is 27.3 Å². The van der Waals surface area contributed by atoms with E-state index >= 15 is 0 Å². The summed E-state index contributed by atoms with van der Waals surface area (Å²) in [6, 6.07) is 3.84. The van der Waals surface area contributed by atoms with Crippen LogP contribution < -0.4 is 15.2 Å². The number of rotatable bonds is 7. The lowest BCUT2D eigenvalue weighted by molar-refractivity contribution is -0.160. The molecule has 2 N–H and O–H groups in total. The summed E-state index contributed by atoms with van der Waals surface area (Å²) >= 11 is 0. The molecule has 2 heterocycles. The van der Waals surface area contributed by atoms with Crippen molar-refractivity contribution in [2.24, 2.45) is 23.5 Å². The minimum absolute atomic E-state index is 0.0632. The van der Waals surface area contributed by atoms with Gasteiger partial charge < -0.3 is 19.9 Å². The second-order valence-electron chi connectivity index (χ2n) is 9.54. The number of benzene rings is 1. The van der Waals surface area contributed by atoms with Gasteiger partial charge in [0.05, 0.1) is 14.2 Å². The fourth-order valence-corrected chi connectivity index (χ4v) is 4.88. The molecule has 2 aliphatic rings. The smallest absolute Gasteiger partial charge is 0.323 e. The van der Waals surface area contributed by atoms with Gasteiger partial charge in [-0.25, -0.2) is 0 Å². The van der Waals surface area contributed by atoms with Gasteiger partial charge in [-0.2, -0.15) is 0 Å². The van der Waals surface area contributed by atoms with E-state index in [0.29, 0.717) is 11.8 Å². The first kappa shape index (κ1) is 22.9. The number of fused-ring (bicyclic) bond motifs is 3. The molecule has 1 fully saturated rings. The molecule has 6 nitrogen and oxygen atoms in total. The van der Waals surface area contributed by atoms with Gasteiger partial charge in [-0.15, -0.1) is 0 Å². The minimum atomic E-state index is -0.578. The molecular formula is C24H38N2O4. The number of esters is 1. The minimum Gasteiger partial charge on any atom is -0.493 e. The van der Waals surface area contributed by atoms with Gasteiger partial charge in [-0.3, -0.25) is 9.69 Å². The van der Waals surface area contributed by atoms with Crippen molar-refractivity contribution in [3.63, 3.8) is 0 Å². The van der Waals surface area contributed by atoms with Crippen LogP contribution in [-0.4, -0.2) is 50.3 Å². The van der Waals surface area contributed by atoms with E-state index in [9.17, 15) is 4.79 Å². The molecule has 6 heteroatoms. The van der Waals surface area contributed by atoms with Crippen molar-refractivity contribution in [1.29, 1.82) is 0 Å². The number of methoxy groups -OCH3 is 2. The maximum absolute atomic E-state index is 12.7. The van der Waals surface area contributed by atoms with Crippen LogP contribution in [0.15, 0.2) is 12.1 Å². The Bertz CT molecular complexity index is 749. The predicted molar refractivity (Wildman–Crippen MR) is 118 cm³/mol. The zero-order chi connectivity index (χ0) is 22.0. The van der Waals surface area contributed by atoms with Crippen LogP contribution in [-0.2, 0) is 16.0 Å². The van der Waals surface area contributed by atoms with Crippen LogP contribution in [0.3, 0.4) is 0 Å². The monoisotopic (exact) mass is 418 g/mol. The van der Waals surface area contributed by atoms with Gasteiger partial charge >= 0.3 is 5.97 Å². The summed E-state index contributed by atoms with van der Waals surface area (Å²) in [4.78, 5) is 15.2. The van der Waals surface area contributed by atoms with Gasteiger partial charge in [0, 0.05) is 31.5 Å². The standard InChI is InChI=1S/C24H38N2O4/c1-14(2)9-17-13-26-8-7-16-10-21(28-5)22(29-6)11-18(16)19(26)12-20(17)30-24(27)23(25)15(3)4/h10-11,14-15,17,19-20,23H,7-9,12-13,25H2,1-6H3/t17?,19-,20?,23?/m1/s1. The quantitative estimate of drug-likeness (QED) is 0.683. The van der Waals surface area contributed by atoms with Gasteiger partial charge in [0.1, 0.15) is 12.1 Å². The Morgan fingerprint density at radius 3 is 2.43 bits per heavy atom. The average Bonchev–Trinajstić information content (AvgIpc) is 2.71. The van der Waals surface area contributed by atoms with Crippen molar-refractivity contribution < 1.29 is 19.0 Å². The van der Waals surface area contributed by atoms with E-state index in [-0.39, 0.29) is 24.0 Å². The average molecular weight is 419 g/mol. The van der Waals surface area contributed by atoms with Crippen LogP contribution in [0, 0.1) is 17.8 Å². The van der Waals surface area contributed by atoms with E-state index < -0.39 is 6.04 Å². The number of carbonyl (C=O) groups excluding carboxylic acids is 1. The maximum atomic E-state index is 12.7. The van der Waals surface area contributed by atoms with Gasteiger partial charge in [0.2, 0.25) is 0 Å². The molecule has 0 aliphatic carbocycles. The number of piperidine rings is 1. The van der Waals surface area contributed by atoms with Crippen LogP contribution in [0.5, 0.6) is 11.5 Å². The van der Waals surface area contributed by atoms with Crippen LogP contribution >= 0.6 is 0 Å². The molecule has 0 bridgehead atoms. The molecule has 0 amide bonds. The van der Waals surface area contributed by atoms with Crippen molar-refractivity contribution in [3.8, 4) is 11.5 Å². The molecule has 3 rings (SSSR count). The lowest BCUT2D eigenvalue weighted by Crippen LogP contribution is -2.51. The number of carbonyl (C=O) groups is 1. The van der Waals surface area contributed by atoms with Gasteiger partial charge in [0.15, 0.2) is 11.5 Å². The lowest BCUT2D eigenvalue weighted by Gasteiger charge is -2.47. The van der Waals surface area contributed by atoms with E-state index in [4.69, 9.17) is 19.9 Å². The predicted octanol–water partition coefficient (Wildman–Crippen LogP) is 3.56. The second kappa shape index (κ2) is 9.56. The molecule has 0 saturated carbocycles. The number of hydrogen-bond donors (Lipinski definition) is 1. The SMILES string of the molecule is COc1cc2c(cc1OC)[C@H]1CC(OC(=O)C(N)C(C)C)C(CC(C)C)CN1CC2. The maximum Gasteiger partial charge on any atom is 0.323 e. The molecule has 2 aliphatic heterocycles. The normalized spacial score (nSPS) is 24.9. The van der Waals surface area contributed by atoms with Crippen LogP contribution in [0.2, 0.25) is 0 Å². The molecule has 30 heavy (non-hydrogen) atoms. The number of hydrogen-bond acceptors (Lipinski definition) is 6. The summed E-state index contributed by atoms with van der Waals surface area (Å²) in [6.07, 6.45) is 2.70. The van der Waals surface area contributed by atoms with Crippen LogP contribution in [0.4, 0.5) is 0 Å². The summed E-state index contributed by atoms with van der Waals surface area (Å²) in [6.45, 7) is 10.3.